The van der Waals surface area contributed by atoms with E-state index in [2.05, 4.69) is 4.90 Å². The van der Waals surface area contributed by atoms with Crippen LogP contribution in [0, 0.1) is 11.8 Å². The van der Waals surface area contributed by atoms with Crippen LogP contribution in [0.1, 0.15) is 26.2 Å². The van der Waals surface area contributed by atoms with Crippen molar-refractivity contribution in [2.75, 3.05) is 19.6 Å². The van der Waals surface area contributed by atoms with Gasteiger partial charge in [-0.25, -0.2) is 0 Å². The summed E-state index contributed by atoms with van der Waals surface area (Å²) in [7, 11) is 0. The molecule has 3 heteroatoms. The summed E-state index contributed by atoms with van der Waals surface area (Å²) in [5, 5.41) is 9.41. The van der Waals surface area contributed by atoms with Crippen molar-refractivity contribution in [2.45, 2.75) is 32.3 Å². The zero-order valence-electron chi connectivity index (χ0n) is 8.78. The van der Waals surface area contributed by atoms with Gasteiger partial charge in [-0.2, -0.15) is 0 Å². The summed E-state index contributed by atoms with van der Waals surface area (Å²) in [6, 6.07) is 0. The van der Waals surface area contributed by atoms with Gasteiger partial charge >= 0.3 is 0 Å². The van der Waals surface area contributed by atoms with Gasteiger partial charge in [-0.15, -0.1) is 0 Å². The van der Waals surface area contributed by atoms with E-state index in [0.29, 0.717) is 24.2 Å². The third-order valence-corrected chi connectivity index (χ3v) is 3.40. The Morgan fingerprint density at radius 3 is 2.71 bits per heavy atom. The van der Waals surface area contributed by atoms with Crippen LogP contribution in [0.25, 0.3) is 0 Å². The molecule has 2 atom stereocenters. The molecule has 1 heterocycles. The lowest BCUT2D eigenvalue weighted by Crippen LogP contribution is -2.30. The number of likely N-dealkylation sites (tertiary alicyclic amines) is 1. The number of carbonyl (C=O) groups excluding carboxylic acids is 1. The summed E-state index contributed by atoms with van der Waals surface area (Å²) in [5.74, 6) is 1.17. The second-order valence-electron chi connectivity index (χ2n) is 4.77. The lowest BCUT2D eigenvalue weighted by molar-refractivity contribution is -0.121. The number of aliphatic hydroxyl groups is 1. The fraction of sp³-hybridized carbons (Fsp3) is 0.909. The summed E-state index contributed by atoms with van der Waals surface area (Å²) in [4.78, 5) is 13.7. The number of hydrogen-bond donors (Lipinski definition) is 1. The quantitative estimate of drug-likeness (QED) is 0.720. The molecule has 0 aromatic heterocycles. The van der Waals surface area contributed by atoms with Crippen molar-refractivity contribution in [1.29, 1.82) is 0 Å². The molecule has 0 radical (unpaired) electrons. The molecule has 0 aromatic carbocycles. The number of carbonyl (C=O) groups is 1. The normalized spacial score (nSPS) is 30.6. The van der Waals surface area contributed by atoms with Crippen LogP contribution in [-0.4, -0.2) is 41.5 Å². The van der Waals surface area contributed by atoms with Gasteiger partial charge in [-0.3, -0.25) is 9.69 Å². The Balaban J connectivity index is 1.75. The van der Waals surface area contributed by atoms with Crippen LogP contribution in [0.15, 0.2) is 0 Å². The van der Waals surface area contributed by atoms with Crippen molar-refractivity contribution < 1.29 is 9.90 Å². The lowest BCUT2D eigenvalue weighted by atomic mass is 10.0. The monoisotopic (exact) mass is 197 g/mol. The Kier molecular flexibility index (Phi) is 2.88. The maximum atomic E-state index is 11.5. The Morgan fingerprint density at radius 2 is 2.21 bits per heavy atom. The highest BCUT2D eigenvalue weighted by Crippen LogP contribution is 2.30. The molecule has 0 aromatic rings. The first-order valence-corrected chi connectivity index (χ1v) is 5.60. The summed E-state index contributed by atoms with van der Waals surface area (Å²) >= 11 is 0. The minimum Gasteiger partial charge on any atom is -0.393 e. The largest absolute Gasteiger partial charge is 0.393 e. The molecule has 0 bridgehead atoms. The third-order valence-electron chi connectivity index (χ3n) is 3.40. The molecule has 1 N–H and O–H groups in total. The van der Waals surface area contributed by atoms with Crippen molar-refractivity contribution in [2.24, 2.45) is 11.8 Å². The fourth-order valence-electron chi connectivity index (χ4n) is 2.15. The van der Waals surface area contributed by atoms with Gasteiger partial charge in [0.25, 0.3) is 0 Å². The molecule has 0 amide bonds. The molecule has 2 aliphatic rings. The molecule has 1 saturated heterocycles. The Labute approximate surface area is 85.1 Å². The first-order chi connectivity index (χ1) is 6.66. The zero-order chi connectivity index (χ0) is 10.1. The Bertz CT molecular complexity index is 223. The topological polar surface area (TPSA) is 40.5 Å². The Morgan fingerprint density at radius 1 is 1.50 bits per heavy atom. The van der Waals surface area contributed by atoms with Gasteiger partial charge in [-0.1, -0.05) is 0 Å². The number of rotatable bonds is 4. The van der Waals surface area contributed by atoms with E-state index < -0.39 is 0 Å². The molecule has 2 unspecified atom stereocenters. The summed E-state index contributed by atoms with van der Waals surface area (Å²) < 4.78 is 0. The minimum atomic E-state index is -0.226. The fourth-order valence-corrected chi connectivity index (χ4v) is 2.15. The van der Waals surface area contributed by atoms with Gasteiger partial charge in [0.15, 0.2) is 0 Å². The van der Waals surface area contributed by atoms with Gasteiger partial charge in [0.1, 0.15) is 5.78 Å². The van der Waals surface area contributed by atoms with Gasteiger partial charge in [-0.05, 0) is 38.6 Å². The van der Waals surface area contributed by atoms with Gasteiger partial charge in [0, 0.05) is 12.5 Å². The van der Waals surface area contributed by atoms with Gasteiger partial charge in [0.2, 0.25) is 0 Å². The predicted molar refractivity (Wildman–Crippen MR) is 54.0 cm³/mol. The van der Waals surface area contributed by atoms with E-state index in [1.54, 1.807) is 0 Å². The summed E-state index contributed by atoms with van der Waals surface area (Å²) in [6.45, 7) is 4.34. The molecule has 1 aliphatic carbocycles. The number of Topliss-reactive ketones (excluding diaryl/α,β-unsaturated/α-hetero) is 1. The van der Waals surface area contributed by atoms with E-state index >= 15 is 0 Å². The van der Waals surface area contributed by atoms with E-state index in [9.17, 15) is 9.90 Å². The van der Waals surface area contributed by atoms with Crippen LogP contribution >= 0.6 is 0 Å². The second-order valence-corrected chi connectivity index (χ2v) is 4.77. The summed E-state index contributed by atoms with van der Waals surface area (Å²) in [6.07, 6.45) is 3.02. The van der Waals surface area contributed by atoms with E-state index in [1.807, 2.05) is 6.92 Å². The SMILES string of the molecule is CC(O)C1CCN(CC(=O)C2CC2)C1. The maximum absolute atomic E-state index is 11.5. The Hall–Kier alpha value is -0.410. The van der Waals surface area contributed by atoms with E-state index in [1.165, 1.54) is 0 Å². The molecule has 80 valence electrons. The van der Waals surface area contributed by atoms with E-state index in [-0.39, 0.29) is 6.10 Å². The minimum absolute atomic E-state index is 0.226. The molecule has 3 nitrogen and oxygen atoms in total. The third kappa shape index (κ3) is 2.34. The van der Waals surface area contributed by atoms with Crippen molar-refractivity contribution in [3.63, 3.8) is 0 Å². The summed E-state index contributed by atoms with van der Waals surface area (Å²) in [5.41, 5.74) is 0. The molecule has 0 spiro atoms. The van der Waals surface area contributed by atoms with Gasteiger partial charge in [0.05, 0.1) is 12.6 Å². The van der Waals surface area contributed by atoms with Crippen molar-refractivity contribution in [3.8, 4) is 0 Å². The maximum Gasteiger partial charge on any atom is 0.149 e. The number of nitrogens with zero attached hydrogens (tertiary/aromatic N) is 1. The van der Waals surface area contributed by atoms with E-state index in [4.69, 9.17) is 0 Å². The molecule has 2 rings (SSSR count). The van der Waals surface area contributed by atoms with E-state index in [0.717, 1.165) is 32.4 Å². The smallest absolute Gasteiger partial charge is 0.149 e. The lowest BCUT2D eigenvalue weighted by Gasteiger charge is -2.16. The van der Waals surface area contributed by atoms with Crippen molar-refractivity contribution in [1.82, 2.24) is 4.90 Å². The van der Waals surface area contributed by atoms with Crippen molar-refractivity contribution in [3.05, 3.63) is 0 Å². The van der Waals surface area contributed by atoms with Crippen LogP contribution in [0.2, 0.25) is 0 Å². The van der Waals surface area contributed by atoms with Crippen LogP contribution in [0.3, 0.4) is 0 Å². The highest BCUT2D eigenvalue weighted by molar-refractivity contribution is 5.85. The highest BCUT2D eigenvalue weighted by atomic mass is 16.3. The first-order valence-electron chi connectivity index (χ1n) is 5.60. The highest BCUT2D eigenvalue weighted by Gasteiger charge is 2.33. The second kappa shape index (κ2) is 3.99. The average Bonchev–Trinajstić information content (AvgIpc) is 2.87. The van der Waals surface area contributed by atoms with Crippen LogP contribution in [-0.2, 0) is 4.79 Å². The zero-order valence-corrected chi connectivity index (χ0v) is 8.78. The average molecular weight is 197 g/mol. The predicted octanol–water partition coefficient (Wildman–Crippen LogP) is 0.668. The van der Waals surface area contributed by atoms with Crippen molar-refractivity contribution >= 4 is 5.78 Å². The molecule has 1 saturated carbocycles. The number of aliphatic hydroxyl groups excluding tert-OH is 1. The van der Waals surface area contributed by atoms with Crippen LogP contribution in [0.5, 0.6) is 0 Å². The number of hydrogen-bond acceptors (Lipinski definition) is 3. The number of ketones is 1. The van der Waals surface area contributed by atoms with Crippen LogP contribution in [0.4, 0.5) is 0 Å². The molecule has 14 heavy (non-hydrogen) atoms. The van der Waals surface area contributed by atoms with Crippen LogP contribution < -0.4 is 0 Å². The molecular weight excluding hydrogens is 178 g/mol. The molecular formula is C11H19NO2. The standard InChI is InChI=1S/C11H19NO2/c1-8(13)10-4-5-12(6-10)7-11(14)9-2-3-9/h8-10,13H,2-7H2,1H3. The molecule has 1 aliphatic heterocycles. The van der Waals surface area contributed by atoms with Gasteiger partial charge < -0.3 is 5.11 Å². The first kappa shape index (κ1) is 10.1. The molecule has 2 fully saturated rings.